The third kappa shape index (κ3) is 3.52. The number of amides is 1. The third-order valence-corrected chi connectivity index (χ3v) is 5.13. The maximum absolute atomic E-state index is 12.3. The Balaban J connectivity index is 1.58. The average Bonchev–Trinajstić information content (AvgIpc) is 3.29. The van der Waals surface area contributed by atoms with Gasteiger partial charge in [0.25, 0.3) is 0 Å². The fraction of sp³-hybridized carbons (Fsp3) is 0.667. The van der Waals surface area contributed by atoms with Gasteiger partial charge in [0.1, 0.15) is 5.82 Å². The fourth-order valence-corrected chi connectivity index (χ4v) is 3.48. The second-order valence-corrected chi connectivity index (χ2v) is 6.93. The molecule has 2 fully saturated rings. The molecule has 0 N–H and O–H groups in total. The van der Waals surface area contributed by atoms with Crippen LogP contribution in [-0.4, -0.2) is 69.5 Å². The highest BCUT2D eigenvalue weighted by molar-refractivity contribution is 7.99. The molecule has 1 saturated heterocycles. The summed E-state index contributed by atoms with van der Waals surface area (Å²) in [6, 6.07) is 0. The normalized spacial score (nSPS) is 19.4. The van der Waals surface area contributed by atoms with Gasteiger partial charge in [-0.05, 0) is 19.9 Å². The van der Waals surface area contributed by atoms with Crippen LogP contribution in [0.2, 0.25) is 0 Å². The van der Waals surface area contributed by atoms with E-state index < -0.39 is 0 Å². The van der Waals surface area contributed by atoms with E-state index in [0.717, 1.165) is 37.2 Å². The number of hydrogen-bond donors (Lipinski definition) is 0. The minimum Gasteiger partial charge on any atom is -0.339 e. The van der Waals surface area contributed by atoms with Gasteiger partial charge in [0.05, 0.1) is 5.75 Å². The SMILES string of the molecule is C=CCn1c(SCC(=O)N2CCN(C)CC2)nnc1C1CC1. The highest BCUT2D eigenvalue weighted by atomic mass is 32.2. The van der Waals surface area contributed by atoms with Crippen molar-refractivity contribution < 1.29 is 4.79 Å². The molecule has 0 unspecified atom stereocenters. The molecule has 1 aliphatic heterocycles. The van der Waals surface area contributed by atoms with Crippen molar-refractivity contribution in [3.63, 3.8) is 0 Å². The zero-order valence-corrected chi connectivity index (χ0v) is 13.9. The highest BCUT2D eigenvalue weighted by Gasteiger charge is 2.30. The Labute approximate surface area is 135 Å². The van der Waals surface area contributed by atoms with Crippen molar-refractivity contribution in [2.75, 3.05) is 39.0 Å². The number of hydrogen-bond acceptors (Lipinski definition) is 5. The summed E-state index contributed by atoms with van der Waals surface area (Å²) in [4.78, 5) is 16.5. The van der Waals surface area contributed by atoms with Crippen LogP contribution in [0.1, 0.15) is 24.6 Å². The van der Waals surface area contributed by atoms with Crippen LogP contribution in [-0.2, 0) is 11.3 Å². The summed E-state index contributed by atoms with van der Waals surface area (Å²) < 4.78 is 2.10. The maximum atomic E-state index is 12.3. The zero-order valence-electron chi connectivity index (χ0n) is 13.1. The molecule has 1 aromatic heterocycles. The molecule has 2 heterocycles. The van der Waals surface area contributed by atoms with Gasteiger partial charge in [0.15, 0.2) is 5.16 Å². The van der Waals surface area contributed by atoms with Crippen molar-refractivity contribution in [1.82, 2.24) is 24.6 Å². The van der Waals surface area contributed by atoms with Gasteiger partial charge in [-0.1, -0.05) is 17.8 Å². The molecule has 1 aliphatic carbocycles. The van der Waals surface area contributed by atoms with Crippen molar-refractivity contribution >= 4 is 17.7 Å². The minimum atomic E-state index is 0.194. The first-order valence-electron chi connectivity index (χ1n) is 7.82. The predicted molar refractivity (Wildman–Crippen MR) is 87.0 cm³/mol. The summed E-state index contributed by atoms with van der Waals surface area (Å²) in [6.07, 6.45) is 4.25. The molecule has 0 spiro atoms. The van der Waals surface area contributed by atoms with E-state index in [1.165, 1.54) is 24.6 Å². The summed E-state index contributed by atoms with van der Waals surface area (Å²) in [5, 5.41) is 9.42. The van der Waals surface area contributed by atoms with Crippen LogP contribution in [0.25, 0.3) is 0 Å². The van der Waals surface area contributed by atoms with Gasteiger partial charge in [-0.2, -0.15) is 0 Å². The van der Waals surface area contributed by atoms with Crippen LogP contribution in [0.4, 0.5) is 0 Å². The van der Waals surface area contributed by atoms with E-state index in [9.17, 15) is 4.79 Å². The predicted octanol–water partition coefficient (Wildman–Crippen LogP) is 1.21. The third-order valence-electron chi connectivity index (χ3n) is 4.18. The number of thioether (sulfide) groups is 1. The van der Waals surface area contributed by atoms with Gasteiger partial charge < -0.3 is 14.4 Å². The van der Waals surface area contributed by atoms with Crippen LogP contribution < -0.4 is 0 Å². The topological polar surface area (TPSA) is 54.3 Å². The number of carbonyl (C=O) groups excluding carboxylic acids is 1. The van der Waals surface area contributed by atoms with Crippen molar-refractivity contribution in [1.29, 1.82) is 0 Å². The van der Waals surface area contributed by atoms with Gasteiger partial charge in [0, 0.05) is 38.6 Å². The summed E-state index contributed by atoms with van der Waals surface area (Å²) in [5.41, 5.74) is 0. The summed E-state index contributed by atoms with van der Waals surface area (Å²) in [6.45, 7) is 8.07. The Kier molecular flexibility index (Phi) is 4.83. The van der Waals surface area contributed by atoms with E-state index in [1.807, 2.05) is 11.0 Å². The van der Waals surface area contributed by atoms with Crippen molar-refractivity contribution in [2.24, 2.45) is 0 Å². The Hall–Kier alpha value is -1.34. The molecule has 3 rings (SSSR count). The van der Waals surface area contributed by atoms with Crippen molar-refractivity contribution in [3.05, 3.63) is 18.5 Å². The molecule has 1 aromatic rings. The molecule has 2 aliphatic rings. The first-order chi connectivity index (χ1) is 10.7. The van der Waals surface area contributed by atoms with Crippen molar-refractivity contribution in [2.45, 2.75) is 30.5 Å². The van der Waals surface area contributed by atoms with E-state index in [1.54, 1.807) is 0 Å². The molecule has 0 radical (unpaired) electrons. The van der Waals surface area contributed by atoms with E-state index in [-0.39, 0.29) is 5.91 Å². The van der Waals surface area contributed by atoms with Gasteiger partial charge in [-0.25, -0.2) is 0 Å². The van der Waals surface area contributed by atoms with Crippen molar-refractivity contribution in [3.8, 4) is 0 Å². The molecular weight excluding hydrogens is 298 g/mol. The van der Waals surface area contributed by atoms with E-state index in [2.05, 4.69) is 33.3 Å². The Bertz CT molecular complexity index is 546. The molecule has 0 atom stereocenters. The number of rotatable bonds is 6. The smallest absolute Gasteiger partial charge is 0.233 e. The Morgan fingerprint density at radius 3 is 2.68 bits per heavy atom. The second kappa shape index (κ2) is 6.83. The van der Waals surface area contributed by atoms with E-state index in [4.69, 9.17) is 0 Å². The van der Waals surface area contributed by atoms with Crippen LogP contribution in [0.15, 0.2) is 17.8 Å². The zero-order chi connectivity index (χ0) is 15.5. The molecule has 120 valence electrons. The number of carbonyl (C=O) groups is 1. The first kappa shape index (κ1) is 15.6. The van der Waals surface area contributed by atoms with Crippen LogP contribution >= 0.6 is 11.8 Å². The highest BCUT2D eigenvalue weighted by Crippen LogP contribution is 2.40. The summed E-state index contributed by atoms with van der Waals surface area (Å²) in [7, 11) is 2.09. The first-order valence-corrected chi connectivity index (χ1v) is 8.80. The molecule has 6 nitrogen and oxygen atoms in total. The van der Waals surface area contributed by atoms with Gasteiger partial charge >= 0.3 is 0 Å². The molecule has 0 bridgehead atoms. The number of nitrogens with zero attached hydrogens (tertiary/aromatic N) is 5. The second-order valence-electron chi connectivity index (χ2n) is 5.99. The van der Waals surface area contributed by atoms with Crippen LogP contribution in [0.3, 0.4) is 0 Å². The molecule has 7 heteroatoms. The lowest BCUT2D eigenvalue weighted by Crippen LogP contribution is -2.47. The number of piperazine rings is 1. The monoisotopic (exact) mass is 321 g/mol. The van der Waals surface area contributed by atoms with Crippen LogP contribution in [0, 0.1) is 0 Å². The Morgan fingerprint density at radius 1 is 1.32 bits per heavy atom. The standard InChI is InChI=1S/C15H23N5OS/c1-3-6-20-14(12-4-5-12)16-17-15(20)22-11-13(21)19-9-7-18(2)8-10-19/h3,12H,1,4-11H2,2H3. The maximum Gasteiger partial charge on any atom is 0.233 e. The quantitative estimate of drug-likeness (QED) is 0.582. The summed E-state index contributed by atoms with van der Waals surface area (Å²) >= 11 is 1.49. The molecule has 22 heavy (non-hydrogen) atoms. The molecule has 1 saturated carbocycles. The van der Waals surface area contributed by atoms with E-state index >= 15 is 0 Å². The van der Waals surface area contributed by atoms with E-state index in [0.29, 0.717) is 18.2 Å². The Morgan fingerprint density at radius 2 is 2.05 bits per heavy atom. The molecule has 0 aromatic carbocycles. The lowest BCUT2D eigenvalue weighted by atomic mass is 10.3. The van der Waals surface area contributed by atoms with Gasteiger partial charge in [0.2, 0.25) is 5.91 Å². The molecular formula is C15H23N5OS. The summed E-state index contributed by atoms with van der Waals surface area (Å²) in [5.74, 6) is 2.23. The van der Waals surface area contributed by atoms with Gasteiger partial charge in [-0.3, -0.25) is 4.79 Å². The number of allylic oxidation sites excluding steroid dienone is 1. The lowest BCUT2D eigenvalue weighted by molar-refractivity contribution is -0.129. The molecule has 1 amide bonds. The average molecular weight is 321 g/mol. The van der Waals surface area contributed by atoms with Gasteiger partial charge in [-0.15, -0.1) is 16.8 Å². The fourth-order valence-electron chi connectivity index (χ4n) is 2.62. The number of likely N-dealkylation sites (N-methyl/N-ethyl adjacent to an activating group) is 1. The number of aromatic nitrogens is 3. The minimum absolute atomic E-state index is 0.194. The largest absolute Gasteiger partial charge is 0.339 e. The lowest BCUT2D eigenvalue weighted by Gasteiger charge is -2.32. The van der Waals surface area contributed by atoms with Crippen LogP contribution in [0.5, 0.6) is 0 Å².